The fourth-order valence-electron chi connectivity index (χ4n) is 3.01. The van der Waals surface area contributed by atoms with Gasteiger partial charge >= 0.3 is 0 Å². The molecule has 0 saturated heterocycles. The first kappa shape index (κ1) is 20.7. The zero-order chi connectivity index (χ0) is 19.6. The normalized spacial score (nSPS) is 10.6. The second-order valence-corrected chi connectivity index (χ2v) is 6.73. The molecule has 2 aromatic rings. The monoisotopic (exact) mass is 370 g/mol. The van der Waals surface area contributed by atoms with Crippen molar-refractivity contribution in [1.82, 2.24) is 9.80 Å². The summed E-state index contributed by atoms with van der Waals surface area (Å²) in [6, 6.07) is 13.9. The Balaban J connectivity index is 2.08. The van der Waals surface area contributed by atoms with Crippen molar-refractivity contribution in [2.75, 3.05) is 19.6 Å². The van der Waals surface area contributed by atoms with Crippen molar-refractivity contribution in [1.29, 1.82) is 0 Å². The van der Waals surface area contributed by atoms with E-state index in [4.69, 9.17) is 4.42 Å². The van der Waals surface area contributed by atoms with Gasteiger partial charge in [-0.3, -0.25) is 9.59 Å². The van der Waals surface area contributed by atoms with Gasteiger partial charge in [0.2, 0.25) is 11.8 Å². The molecular formula is C22H30N2O3. The summed E-state index contributed by atoms with van der Waals surface area (Å²) in [7, 11) is 0. The minimum atomic E-state index is -0.0461. The van der Waals surface area contributed by atoms with E-state index in [0.29, 0.717) is 26.1 Å². The fraction of sp³-hybridized carbons (Fsp3) is 0.455. The Morgan fingerprint density at radius 3 is 2.26 bits per heavy atom. The zero-order valence-electron chi connectivity index (χ0n) is 16.6. The van der Waals surface area contributed by atoms with Crippen LogP contribution >= 0.6 is 0 Å². The number of benzene rings is 1. The van der Waals surface area contributed by atoms with Crippen LogP contribution in [-0.2, 0) is 22.6 Å². The number of furan rings is 1. The predicted octanol–water partition coefficient (Wildman–Crippen LogP) is 3.81. The second kappa shape index (κ2) is 10.6. The quantitative estimate of drug-likeness (QED) is 0.639. The molecule has 5 nitrogen and oxygen atoms in total. The SMILES string of the molecule is CCCN(CC(=O)N(CCc1ccccc1)Cc1ccc(C)o1)C(=O)CC. The lowest BCUT2D eigenvalue weighted by atomic mass is 10.1. The molecule has 0 N–H and O–H groups in total. The predicted molar refractivity (Wildman–Crippen MR) is 106 cm³/mol. The fourth-order valence-corrected chi connectivity index (χ4v) is 3.01. The van der Waals surface area contributed by atoms with Crippen LogP contribution in [0, 0.1) is 6.92 Å². The summed E-state index contributed by atoms with van der Waals surface area (Å²) in [5, 5.41) is 0. The van der Waals surface area contributed by atoms with Crippen LogP contribution in [0.4, 0.5) is 0 Å². The number of carbonyl (C=O) groups is 2. The van der Waals surface area contributed by atoms with Crippen LogP contribution in [0.5, 0.6) is 0 Å². The van der Waals surface area contributed by atoms with Crippen LogP contribution in [-0.4, -0.2) is 41.2 Å². The number of carbonyl (C=O) groups excluding carboxylic acids is 2. The van der Waals surface area contributed by atoms with Crippen molar-refractivity contribution >= 4 is 11.8 Å². The molecular weight excluding hydrogens is 340 g/mol. The number of amides is 2. The highest BCUT2D eigenvalue weighted by Crippen LogP contribution is 2.12. The first-order valence-corrected chi connectivity index (χ1v) is 9.68. The molecule has 27 heavy (non-hydrogen) atoms. The summed E-state index contributed by atoms with van der Waals surface area (Å²) in [6.45, 7) is 7.46. The van der Waals surface area contributed by atoms with Gasteiger partial charge in [-0.1, -0.05) is 44.2 Å². The van der Waals surface area contributed by atoms with Gasteiger partial charge in [-0.25, -0.2) is 0 Å². The van der Waals surface area contributed by atoms with E-state index in [2.05, 4.69) is 12.1 Å². The Labute approximate surface area is 162 Å². The van der Waals surface area contributed by atoms with E-state index < -0.39 is 0 Å². The highest BCUT2D eigenvalue weighted by atomic mass is 16.3. The van der Waals surface area contributed by atoms with Crippen molar-refractivity contribution in [2.45, 2.75) is 46.6 Å². The van der Waals surface area contributed by atoms with Gasteiger partial charge in [-0.2, -0.15) is 0 Å². The Morgan fingerprint density at radius 1 is 0.926 bits per heavy atom. The number of nitrogens with zero attached hydrogens (tertiary/aromatic N) is 2. The summed E-state index contributed by atoms with van der Waals surface area (Å²) in [4.78, 5) is 28.6. The first-order valence-electron chi connectivity index (χ1n) is 9.68. The van der Waals surface area contributed by atoms with Crippen LogP contribution < -0.4 is 0 Å². The van der Waals surface area contributed by atoms with Crippen molar-refractivity contribution in [2.24, 2.45) is 0 Å². The van der Waals surface area contributed by atoms with Crippen LogP contribution in [0.25, 0.3) is 0 Å². The molecule has 0 spiro atoms. The van der Waals surface area contributed by atoms with Gasteiger partial charge in [0.1, 0.15) is 11.5 Å². The number of aryl methyl sites for hydroxylation is 1. The molecule has 0 aliphatic carbocycles. The third-order valence-corrected chi connectivity index (χ3v) is 4.48. The summed E-state index contributed by atoms with van der Waals surface area (Å²) in [5.41, 5.74) is 1.18. The molecule has 0 unspecified atom stereocenters. The average molecular weight is 370 g/mol. The van der Waals surface area contributed by atoms with E-state index in [9.17, 15) is 9.59 Å². The second-order valence-electron chi connectivity index (χ2n) is 6.73. The van der Waals surface area contributed by atoms with Crippen molar-refractivity contribution in [3.05, 3.63) is 59.5 Å². The lowest BCUT2D eigenvalue weighted by Gasteiger charge is -2.27. The van der Waals surface area contributed by atoms with E-state index in [0.717, 1.165) is 24.4 Å². The maximum absolute atomic E-state index is 13.0. The molecule has 146 valence electrons. The van der Waals surface area contributed by atoms with E-state index in [1.165, 1.54) is 5.56 Å². The lowest BCUT2D eigenvalue weighted by molar-refractivity contribution is -0.140. The molecule has 0 radical (unpaired) electrons. The van der Waals surface area contributed by atoms with Gasteiger partial charge in [0.25, 0.3) is 0 Å². The average Bonchev–Trinajstić information content (AvgIpc) is 3.09. The molecule has 1 aromatic heterocycles. The minimum absolute atomic E-state index is 0.0158. The highest BCUT2D eigenvalue weighted by molar-refractivity contribution is 5.84. The molecule has 0 bridgehead atoms. The zero-order valence-corrected chi connectivity index (χ0v) is 16.6. The minimum Gasteiger partial charge on any atom is -0.464 e. The smallest absolute Gasteiger partial charge is 0.242 e. The molecule has 0 saturated carbocycles. The number of hydrogen-bond acceptors (Lipinski definition) is 3. The molecule has 0 atom stereocenters. The van der Waals surface area contributed by atoms with E-state index in [1.54, 1.807) is 9.80 Å². The van der Waals surface area contributed by atoms with E-state index in [-0.39, 0.29) is 18.4 Å². The third kappa shape index (κ3) is 6.59. The Bertz CT molecular complexity index is 724. The number of rotatable bonds is 10. The first-order chi connectivity index (χ1) is 13.0. The van der Waals surface area contributed by atoms with Gasteiger partial charge < -0.3 is 14.2 Å². The molecule has 0 aliphatic rings. The summed E-state index contributed by atoms with van der Waals surface area (Å²) in [5.74, 6) is 1.56. The van der Waals surface area contributed by atoms with Gasteiger partial charge in [-0.15, -0.1) is 0 Å². The molecule has 0 aliphatic heterocycles. The summed E-state index contributed by atoms with van der Waals surface area (Å²) >= 11 is 0. The Morgan fingerprint density at radius 2 is 1.67 bits per heavy atom. The standard InChI is InChI=1S/C22H30N2O3/c1-4-14-23(21(25)5-2)17-22(26)24(16-20-12-11-18(3)27-20)15-13-19-9-7-6-8-10-19/h6-12H,4-5,13-17H2,1-3H3. The van der Waals surface area contributed by atoms with Gasteiger partial charge in [0.05, 0.1) is 13.1 Å². The maximum Gasteiger partial charge on any atom is 0.242 e. The molecule has 1 heterocycles. The van der Waals surface area contributed by atoms with Crippen molar-refractivity contribution in [3.63, 3.8) is 0 Å². The molecule has 1 aromatic carbocycles. The van der Waals surface area contributed by atoms with E-state index >= 15 is 0 Å². The molecule has 0 fully saturated rings. The van der Waals surface area contributed by atoms with Crippen LogP contribution in [0.1, 0.15) is 43.8 Å². The Kier molecular flexibility index (Phi) is 8.11. The van der Waals surface area contributed by atoms with Crippen LogP contribution in [0.3, 0.4) is 0 Å². The number of hydrogen-bond donors (Lipinski definition) is 0. The van der Waals surface area contributed by atoms with Crippen LogP contribution in [0.15, 0.2) is 46.9 Å². The topological polar surface area (TPSA) is 53.8 Å². The van der Waals surface area contributed by atoms with Gasteiger partial charge in [-0.05, 0) is 37.5 Å². The molecule has 5 heteroatoms. The van der Waals surface area contributed by atoms with Crippen molar-refractivity contribution in [3.8, 4) is 0 Å². The third-order valence-electron chi connectivity index (χ3n) is 4.48. The lowest BCUT2D eigenvalue weighted by Crippen LogP contribution is -2.43. The van der Waals surface area contributed by atoms with Crippen LogP contribution in [0.2, 0.25) is 0 Å². The summed E-state index contributed by atoms with van der Waals surface area (Å²) in [6.07, 6.45) is 2.01. The maximum atomic E-state index is 13.0. The summed E-state index contributed by atoms with van der Waals surface area (Å²) < 4.78 is 5.66. The Hall–Kier alpha value is -2.56. The molecule has 2 amide bonds. The van der Waals surface area contributed by atoms with E-state index in [1.807, 2.05) is 51.1 Å². The highest BCUT2D eigenvalue weighted by Gasteiger charge is 2.21. The molecule has 2 rings (SSSR count). The van der Waals surface area contributed by atoms with Gasteiger partial charge in [0, 0.05) is 19.5 Å². The van der Waals surface area contributed by atoms with Gasteiger partial charge in [0.15, 0.2) is 0 Å². The largest absolute Gasteiger partial charge is 0.464 e. The van der Waals surface area contributed by atoms with Crippen molar-refractivity contribution < 1.29 is 14.0 Å².